The second-order valence-corrected chi connectivity index (χ2v) is 3.87. The van der Waals surface area contributed by atoms with Crippen LogP contribution in [0, 0.1) is 10.1 Å². The number of fused-ring (bicyclic) bond motifs is 1. The molecule has 0 saturated heterocycles. The van der Waals surface area contributed by atoms with Crippen molar-refractivity contribution in [3.63, 3.8) is 0 Å². The summed E-state index contributed by atoms with van der Waals surface area (Å²) in [7, 11) is 2.49. The van der Waals surface area contributed by atoms with Gasteiger partial charge in [0.1, 0.15) is 11.4 Å². The Morgan fingerprint density at radius 1 is 1.30 bits per heavy atom. The maximum atomic E-state index is 12.0. The first kappa shape index (κ1) is 13.5. The summed E-state index contributed by atoms with van der Waals surface area (Å²) < 4.78 is 9.53. The van der Waals surface area contributed by atoms with Crippen LogP contribution >= 0.6 is 0 Å². The molecule has 1 N–H and O–H groups in total. The van der Waals surface area contributed by atoms with E-state index in [1.165, 1.54) is 20.3 Å². The Kier molecular flexibility index (Phi) is 3.38. The molecule has 0 aliphatic carbocycles. The van der Waals surface area contributed by atoms with Crippen LogP contribution in [0.3, 0.4) is 0 Å². The van der Waals surface area contributed by atoms with E-state index < -0.39 is 16.3 Å². The molecule has 1 heterocycles. The largest absolute Gasteiger partial charge is 0.494 e. The second kappa shape index (κ2) is 5.00. The molecular formula is C12H10N2O6. The second-order valence-electron chi connectivity index (χ2n) is 3.87. The Labute approximate surface area is 112 Å². The molecule has 0 atom stereocenters. The Bertz CT molecular complexity index is 764. The number of nitro benzene ring substituents is 1. The molecule has 20 heavy (non-hydrogen) atoms. The fourth-order valence-electron chi connectivity index (χ4n) is 1.79. The lowest BCUT2D eigenvalue weighted by Crippen LogP contribution is -2.12. The summed E-state index contributed by atoms with van der Waals surface area (Å²) in [5, 5.41) is 10.9. The number of carbonyl (C=O) groups is 1. The van der Waals surface area contributed by atoms with E-state index in [0.717, 1.165) is 12.1 Å². The van der Waals surface area contributed by atoms with E-state index in [9.17, 15) is 19.7 Å². The van der Waals surface area contributed by atoms with E-state index >= 15 is 0 Å². The summed E-state index contributed by atoms with van der Waals surface area (Å²) in [5.41, 5.74) is -0.671. The first-order valence-electron chi connectivity index (χ1n) is 5.45. The van der Waals surface area contributed by atoms with Crippen LogP contribution in [0.1, 0.15) is 10.5 Å². The molecule has 0 fully saturated rings. The first-order valence-corrected chi connectivity index (χ1v) is 5.45. The minimum absolute atomic E-state index is 0.0582. The van der Waals surface area contributed by atoms with Gasteiger partial charge >= 0.3 is 5.97 Å². The van der Waals surface area contributed by atoms with Crippen LogP contribution in [0.2, 0.25) is 0 Å². The third-order valence-electron chi connectivity index (χ3n) is 2.72. The van der Waals surface area contributed by atoms with Gasteiger partial charge in [0.2, 0.25) is 0 Å². The molecule has 0 amide bonds. The number of pyridine rings is 1. The van der Waals surface area contributed by atoms with Crippen molar-refractivity contribution < 1.29 is 19.2 Å². The highest BCUT2D eigenvalue weighted by atomic mass is 16.6. The number of rotatable bonds is 3. The highest BCUT2D eigenvalue weighted by molar-refractivity contribution is 5.93. The average Bonchev–Trinajstić information content (AvgIpc) is 2.45. The third-order valence-corrected chi connectivity index (χ3v) is 2.72. The fourth-order valence-corrected chi connectivity index (χ4v) is 1.79. The van der Waals surface area contributed by atoms with Crippen molar-refractivity contribution >= 4 is 22.6 Å². The molecule has 0 radical (unpaired) electrons. The van der Waals surface area contributed by atoms with Crippen molar-refractivity contribution in [3.8, 4) is 5.75 Å². The minimum Gasteiger partial charge on any atom is -0.494 e. The molecule has 0 bridgehead atoms. The lowest BCUT2D eigenvalue weighted by molar-refractivity contribution is -0.384. The fraction of sp³-hybridized carbons (Fsp3) is 0.167. The van der Waals surface area contributed by atoms with E-state index in [2.05, 4.69) is 9.72 Å². The maximum absolute atomic E-state index is 12.0. The summed E-state index contributed by atoms with van der Waals surface area (Å²) in [5.74, 6) is -0.624. The molecule has 2 rings (SSSR count). The maximum Gasteiger partial charge on any atom is 0.354 e. The summed E-state index contributed by atoms with van der Waals surface area (Å²) in [4.78, 5) is 36.3. The van der Waals surface area contributed by atoms with Crippen LogP contribution in [0.25, 0.3) is 10.9 Å². The number of carbonyl (C=O) groups excluding carboxylic acids is 1. The standard InChI is InChI=1S/C12H10N2O6/c1-19-10-4-6(14(17)18)3-7-9(15)5-8(12(16)20-2)13-11(7)10/h3-5H,1-2H3,(H,13,15). The molecule has 1 aromatic heterocycles. The van der Waals surface area contributed by atoms with Crippen molar-refractivity contribution in [2.75, 3.05) is 14.2 Å². The Morgan fingerprint density at radius 3 is 2.55 bits per heavy atom. The summed E-state index contributed by atoms with van der Waals surface area (Å²) in [6, 6.07) is 3.31. The van der Waals surface area contributed by atoms with Crippen molar-refractivity contribution in [1.29, 1.82) is 0 Å². The van der Waals surface area contributed by atoms with Gasteiger partial charge in [0.25, 0.3) is 5.69 Å². The quantitative estimate of drug-likeness (QED) is 0.513. The van der Waals surface area contributed by atoms with Gasteiger partial charge in [0.15, 0.2) is 5.43 Å². The van der Waals surface area contributed by atoms with Crippen LogP contribution in [-0.4, -0.2) is 30.1 Å². The number of aromatic amines is 1. The molecule has 0 saturated carbocycles. The van der Waals surface area contributed by atoms with Gasteiger partial charge < -0.3 is 14.5 Å². The normalized spacial score (nSPS) is 10.3. The highest BCUT2D eigenvalue weighted by Gasteiger charge is 2.17. The van der Waals surface area contributed by atoms with E-state index in [4.69, 9.17) is 4.74 Å². The number of H-pyrrole nitrogens is 1. The van der Waals surface area contributed by atoms with Gasteiger partial charge in [0.05, 0.1) is 36.1 Å². The molecule has 2 aromatic rings. The predicted molar refractivity (Wildman–Crippen MR) is 69.1 cm³/mol. The van der Waals surface area contributed by atoms with Crippen LogP contribution < -0.4 is 10.2 Å². The summed E-state index contributed by atoms with van der Waals surface area (Å²) in [6.07, 6.45) is 0. The number of methoxy groups -OCH3 is 2. The zero-order valence-electron chi connectivity index (χ0n) is 10.6. The molecule has 1 aromatic carbocycles. The molecule has 0 aliphatic heterocycles. The molecular weight excluding hydrogens is 268 g/mol. The number of nitrogens with zero attached hydrogens (tertiary/aromatic N) is 1. The summed E-state index contributed by atoms with van der Waals surface area (Å²) in [6.45, 7) is 0. The molecule has 0 spiro atoms. The zero-order valence-corrected chi connectivity index (χ0v) is 10.6. The van der Waals surface area contributed by atoms with Gasteiger partial charge in [0, 0.05) is 12.1 Å². The molecule has 8 heteroatoms. The lowest BCUT2D eigenvalue weighted by atomic mass is 10.1. The molecule has 0 aliphatic rings. The number of esters is 1. The van der Waals surface area contributed by atoms with E-state index in [1.54, 1.807) is 0 Å². The van der Waals surface area contributed by atoms with Gasteiger partial charge in [-0.15, -0.1) is 0 Å². The number of nitro groups is 1. The number of aromatic nitrogens is 1. The van der Waals surface area contributed by atoms with Gasteiger partial charge in [-0.3, -0.25) is 14.9 Å². The van der Waals surface area contributed by atoms with Gasteiger partial charge in [-0.05, 0) is 0 Å². The Balaban J connectivity index is 2.83. The van der Waals surface area contributed by atoms with Crippen molar-refractivity contribution in [3.05, 3.63) is 44.2 Å². The molecule has 0 unspecified atom stereocenters. The summed E-state index contributed by atoms with van der Waals surface area (Å²) >= 11 is 0. The Morgan fingerprint density at radius 2 is 2.00 bits per heavy atom. The van der Waals surface area contributed by atoms with E-state index in [0.29, 0.717) is 0 Å². The van der Waals surface area contributed by atoms with Gasteiger partial charge in [-0.2, -0.15) is 0 Å². The number of benzene rings is 1. The first-order chi connectivity index (χ1) is 9.47. The van der Waals surface area contributed by atoms with Crippen molar-refractivity contribution in [2.45, 2.75) is 0 Å². The SMILES string of the molecule is COC(=O)c1cc(=O)c2cc([N+](=O)[O-])cc(OC)c2[nH]1. The molecule has 8 nitrogen and oxygen atoms in total. The number of non-ortho nitro benzene ring substituents is 1. The Hall–Kier alpha value is -2.90. The van der Waals surface area contributed by atoms with Gasteiger partial charge in [-0.25, -0.2) is 4.79 Å². The third kappa shape index (κ3) is 2.18. The highest BCUT2D eigenvalue weighted by Crippen LogP contribution is 2.28. The lowest BCUT2D eigenvalue weighted by Gasteiger charge is -2.07. The number of nitrogens with one attached hydrogen (secondary N) is 1. The average molecular weight is 278 g/mol. The smallest absolute Gasteiger partial charge is 0.354 e. The van der Waals surface area contributed by atoms with Crippen LogP contribution in [0.15, 0.2) is 23.0 Å². The number of hydrogen-bond acceptors (Lipinski definition) is 6. The number of hydrogen-bond donors (Lipinski definition) is 1. The van der Waals surface area contributed by atoms with E-state index in [-0.39, 0.29) is 28.0 Å². The topological polar surface area (TPSA) is 112 Å². The van der Waals surface area contributed by atoms with Crippen molar-refractivity contribution in [1.82, 2.24) is 4.98 Å². The van der Waals surface area contributed by atoms with Crippen LogP contribution in [0.4, 0.5) is 5.69 Å². The predicted octanol–water partition coefficient (Wildman–Crippen LogP) is 1.23. The minimum atomic E-state index is -0.718. The van der Waals surface area contributed by atoms with Crippen molar-refractivity contribution in [2.24, 2.45) is 0 Å². The molecule has 104 valence electrons. The van der Waals surface area contributed by atoms with Gasteiger partial charge in [-0.1, -0.05) is 0 Å². The van der Waals surface area contributed by atoms with Crippen LogP contribution in [0.5, 0.6) is 5.75 Å². The van der Waals surface area contributed by atoms with Crippen LogP contribution in [-0.2, 0) is 4.74 Å². The monoisotopic (exact) mass is 278 g/mol. The van der Waals surface area contributed by atoms with E-state index in [1.807, 2.05) is 0 Å². The zero-order chi connectivity index (χ0) is 14.9. The number of ether oxygens (including phenoxy) is 2.